The zero-order valence-electron chi connectivity index (χ0n) is 12.2. The largest absolute Gasteiger partial charge is 0.457 e. The number of hydrogen-bond acceptors (Lipinski definition) is 5. The molecule has 0 atom stereocenters. The maximum atomic E-state index is 12.1. The van der Waals surface area contributed by atoms with E-state index in [1.54, 1.807) is 6.07 Å². The Labute approximate surface area is 131 Å². The fourth-order valence-corrected chi connectivity index (χ4v) is 2.29. The molecule has 0 spiro atoms. The van der Waals surface area contributed by atoms with Gasteiger partial charge in [-0.05, 0) is 11.6 Å². The van der Waals surface area contributed by atoms with Crippen molar-refractivity contribution >= 4 is 17.9 Å². The molecular weight excluding hydrogens is 300 g/mol. The highest BCUT2D eigenvalue weighted by molar-refractivity contribution is 5.99. The standard InChI is InChI=1S/C16H14N2O5/c19-13(18-8-7-17-16(18)21)10-23-15(20)14-12(6-9-22-14)11-4-2-1-3-5-11/h1-6,9H,7-8,10H2,(H,17,21). The van der Waals surface area contributed by atoms with Crippen LogP contribution in [-0.2, 0) is 9.53 Å². The number of urea groups is 1. The molecule has 0 bridgehead atoms. The summed E-state index contributed by atoms with van der Waals surface area (Å²) in [5, 5.41) is 2.50. The topological polar surface area (TPSA) is 88.9 Å². The minimum absolute atomic E-state index is 0.0230. The predicted octanol–water partition coefficient (Wildman–Crippen LogP) is 1.66. The number of nitrogens with zero attached hydrogens (tertiary/aromatic N) is 1. The minimum atomic E-state index is -0.748. The van der Waals surface area contributed by atoms with Crippen LogP contribution < -0.4 is 5.32 Å². The first-order chi connectivity index (χ1) is 11.2. The molecule has 2 heterocycles. The molecule has 1 N–H and O–H groups in total. The third kappa shape index (κ3) is 3.08. The van der Waals surface area contributed by atoms with Gasteiger partial charge < -0.3 is 14.5 Å². The quantitative estimate of drug-likeness (QED) is 0.867. The Hall–Kier alpha value is -3.09. The molecule has 3 amide bonds. The summed E-state index contributed by atoms with van der Waals surface area (Å²) in [6.45, 7) is 0.154. The number of rotatable bonds is 4. The maximum Gasteiger partial charge on any atom is 0.375 e. The highest BCUT2D eigenvalue weighted by Gasteiger charge is 2.27. The maximum absolute atomic E-state index is 12.1. The van der Waals surface area contributed by atoms with Crippen LogP contribution in [0.25, 0.3) is 11.1 Å². The van der Waals surface area contributed by atoms with Crippen LogP contribution in [0.5, 0.6) is 0 Å². The average molecular weight is 314 g/mol. The SMILES string of the molecule is O=C(OCC(=O)N1CCNC1=O)c1occc1-c1ccccc1. The highest BCUT2D eigenvalue weighted by Crippen LogP contribution is 2.25. The van der Waals surface area contributed by atoms with Crippen molar-refractivity contribution in [2.45, 2.75) is 0 Å². The Kier molecular flexibility index (Phi) is 4.09. The van der Waals surface area contributed by atoms with E-state index in [0.717, 1.165) is 10.5 Å². The number of esters is 1. The van der Waals surface area contributed by atoms with Crippen molar-refractivity contribution in [3.63, 3.8) is 0 Å². The number of nitrogens with one attached hydrogen (secondary N) is 1. The van der Waals surface area contributed by atoms with E-state index < -0.39 is 24.5 Å². The number of amides is 3. The van der Waals surface area contributed by atoms with Gasteiger partial charge in [-0.3, -0.25) is 9.69 Å². The van der Waals surface area contributed by atoms with Crippen molar-refractivity contribution < 1.29 is 23.5 Å². The molecule has 1 aromatic heterocycles. The fourth-order valence-electron chi connectivity index (χ4n) is 2.29. The van der Waals surface area contributed by atoms with Gasteiger partial charge in [-0.1, -0.05) is 30.3 Å². The zero-order chi connectivity index (χ0) is 16.2. The van der Waals surface area contributed by atoms with Gasteiger partial charge in [0.2, 0.25) is 5.76 Å². The molecule has 0 saturated carbocycles. The lowest BCUT2D eigenvalue weighted by atomic mass is 10.1. The second-order valence-electron chi connectivity index (χ2n) is 4.88. The van der Waals surface area contributed by atoms with Crippen LogP contribution in [0.2, 0.25) is 0 Å². The van der Waals surface area contributed by atoms with Gasteiger partial charge in [-0.2, -0.15) is 0 Å². The molecule has 0 unspecified atom stereocenters. The summed E-state index contributed by atoms with van der Waals surface area (Å²) in [5.74, 6) is -1.29. The lowest BCUT2D eigenvalue weighted by Gasteiger charge is -2.11. The third-order valence-corrected chi connectivity index (χ3v) is 3.42. The number of imide groups is 1. The van der Waals surface area contributed by atoms with Crippen molar-refractivity contribution in [1.82, 2.24) is 10.2 Å². The summed E-state index contributed by atoms with van der Waals surface area (Å²) < 4.78 is 10.1. The highest BCUT2D eigenvalue weighted by atomic mass is 16.5. The van der Waals surface area contributed by atoms with Crippen LogP contribution in [0.1, 0.15) is 10.6 Å². The smallest absolute Gasteiger partial charge is 0.375 e. The molecule has 1 fully saturated rings. The van der Waals surface area contributed by atoms with Gasteiger partial charge in [-0.15, -0.1) is 0 Å². The first-order valence-corrected chi connectivity index (χ1v) is 7.05. The molecule has 1 aromatic carbocycles. The summed E-state index contributed by atoms with van der Waals surface area (Å²) >= 11 is 0. The molecule has 0 radical (unpaired) electrons. The van der Waals surface area contributed by atoms with Gasteiger partial charge in [0.05, 0.1) is 6.26 Å². The molecule has 3 rings (SSSR count). The lowest BCUT2D eigenvalue weighted by Crippen LogP contribution is -2.37. The number of furan rings is 1. The molecule has 1 aliphatic rings. The first-order valence-electron chi connectivity index (χ1n) is 7.05. The van der Waals surface area contributed by atoms with E-state index in [0.29, 0.717) is 12.1 Å². The molecule has 23 heavy (non-hydrogen) atoms. The van der Waals surface area contributed by atoms with Crippen molar-refractivity contribution in [2.75, 3.05) is 19.7 Å². The number of benzene rings is 1. The Morgan fingerprint density at radius 3 is 2.70 bits per heavy atom. The normalized spacial score (nSPS) is 13.7. The average Bonchev–Trinajstić information content (AvgIpc) is 3.22. The number of carbonyl (C=O) groups is 3. The van der Waals surface area contributed by atoms with Crippen LogP contribution in [0.3, 0.4) is 0 Å². The van der Waals surface area contributed by atoms with Crippen LogP contribution in [0.4, 0.5) is 4.79 Å². The summed E-state index contributed by atoms with van der Waals surface area (Å²) in [7, 11) is 0. The van der Waals surface area contributed by atoms with Crippen molar-refractivity contribution in [3.05, 3.63) is 48.4 Å². The van der Waals surface area contributed by atoms with Gasteiger partial charge in [0.15, 0.2) is 6.61 Å². The number of ether oxygens (including phenoxy) is 1. The molecule has 2 aromatic rings. The predicted molar refractivity (Wildman–Crippen MR) is 79.5 cm³/mol. The van der Waals surface area contributed by atoms with Gasteiger partial charge in [0, 0.05) is 18.7 Å². The summed E-state index contributed by atoms with van der Waals surface area (Å²) in [6, 6.07) is 10.4. The van der Waals surface area contributed by atoms with E-state index in [9.17, 15) is 14.4 Å². The summed E-state index contributed by atoms with van der Waals surface area (Å²) in [5.41, 5.74) is 1.39. The van der Waals surface area contributed by atoms with Gasteiger partial charge in [0.1, 0.15) is 0 Å². The zero-order valence-corrected chi connectivity index (χ0v) is 12.2. The van der Waals surface area contributed by atoms with E-state index in [-0.39, 0.29) is 12.3 Å². The van der Waals surface area contributed by atoms with E-state index in [1.807, 2.05) is 30.3 Å². The van der Waals surface area contributed by atoms with E-state index in [4.69, 9.17) is 9.15 Å². The summed E-state index contributed by atoms with van der Waals surface area (Å²) in [6.07, 6.45) is 1.38. The van der Waals surface area contributed by atoms with Gasteiger partial charge >= 0.3 is 12.0 Å². The monoisotopic (exact) mass is 314 g/mol. The molecule has 1 aliphatic heterocycles. The Bertz CT molecular complexity index is 738. The molecule has 7 heteroatoms. The molecule has 0 aliphatic carbocycles. The fraction of sp³-hybridized carbons (Fsp3) is 0.188. The number of carbonyl (C=O) groups excluding carboxylic acids is 3. The van der Waals surface area contributed by atoms with Crippen molar-refractivity contribution in [3.8, 4) is 11.1 Å². The molecule has 118 valence electrons. The number of hydrogen-bond donors (Lipinski definition) is 1. The van der Waals surface area contributed by atoms with Crippen molar-refractivity contribution in [1.29, 1.82) is 0 Å². The summed E-state index contributed by atoms with van der Waals surface area (Å²) in [4.78, 5) is 36.3. The molecule has 1 saturated heterocycles. The van der Waals surface area contributed by atoms with Gasteiger partial charge in [0.25, 0.3) is 5.91 Å². The van der Waals surface area contributed by atoms with Crippen LogP contribution in [-0.4, -0.2) is 42.5 Å². The van der Waals surface area contributed by atoms with Crippen molar-refractivity contribution in [2.24, 2.45) is 0 Å². The second kappa shape index (κ2) is 6.35. The first kappa shape index (κ1) is 14.8. The molecule has 7 nitrogen and oxygen atoms in total. The minimum Gasteiger partial charge on any atom is -0.457 e. The molecular formula is C16H14N2O5. The van der Waals surface area contributed by atoms with E-state index in [2.05, 4.69) is 5.32 Å². The van der Waals surface area contributed by atoms with Crippen LogP contribution >= 0.6 is 0 Å². The van der Waals surface area contributed by atoms with Crippen LogP contribution in [0, 0.1) is 0 Å². The third-order valence-electron chi connectivity index (χ3n) is 3.42. The van der Waals surface area contributed by atoms with E-state index >= 15 is 0 Å². The Morgan fingerprint density at radius 1 is 1.22 bits per heavy atom. The Balaban J connectivity index is 1.67. The van der Waals surface area contributed by atoms with E-state index in [1.165, 1.54) is 6.26 Å². The van der Waals surface area contributed by atoms with Crippen LogP contribution in [0.15, 0.2) is 47.1 Å². The van der Waals surface area contributed by atoms with Gasteiger partial charge in [-0.25, -0.2) is 9.59 Å². The lowest BCUT2D eigenvalue weighted by molar-refractivity contribution is -0.130. The Morgan fingerprint density at radius 2 is 2.00 bits per heavy atom. The second-order valence-corrected chi connectivity index (χ2v) is 4.88.